The molecule has 76 heavy (non-hydrogen) atoms. The van der Waals surface area contributed by atoms with Gasteiger partial charge in [0.05, 0.1) is 159 Å². The third-order valence-electron chi connectivity index (χ3n) is 12.0. The SMILES string of the molecule is COCCOCCOCCOCCOCCOCCOc1cc(NC(=O)CN2C(=O)C3=C(c4cccs4)N(CC[C@@H](C)CCCC(C)C)CC3=C2c2cccs2)cc(OCCOCCOCCOCCOCCOC)c1. The Morgan fingerprint density at radius 1 is 0.566 bits per heavy atom. The van der Waals surface area contributed by atoms with E-state index in [1.165, 1.54) is 19.3 Å². The lowest BCUT2D eigenvalue weighted by molar-refractivity contribution is -0.127. The van der Waals surface area contributed by atoms with Crippen LogP contribution in [-0.4, -0.2) is 201 Å². The van der Waals surface area contributed by atoms with Crippen LogP contribution in [0.4, 0.5) is 5.69 Å². The van der Waals surface area contributed by atoms with Gasteiger partial charge in [0, 0.05) is 56.8 Å². The molecule has 0 unspecified atom stereocenters. The molecule has 2 aliphatic rings. The fraction of sp³-hybridized carbons (Fsp3) is 0.643. The van der Waals surface area contributed by atoms with Crippen LogP contribution < -0.4 is 14.8 Å². The van der Waals surface area contributed by atoms with Gasteiger partial charge in [-0.25, -0.2) is 0 Å². The second-order valence-corrected chi connectivity index (χ2v) is 20.4. The molecule has 0 aliphatic carbocycles. The van der Waals surface area contributed by atoms with Crippen LogP contribution in [0.5, 0.6) is 11.5 Å². The van der Waals surface area contributed by atoms with Gasteiger partial charge in [0.1, 0.15) is 31.3 Å². The molecule has 5 rings (SSSR count). The standard InChI is InChI=1S/C56H85N3O15S2/c1-44(2)9-6-10-45(3)13-14-58-42-49-53(55(58)51-12-8-38-76-51)56(61)59(54(49)50-11-7-37-75-50)43-52(60)57-46-39-47(73-35-33-71-31-29-69-27-24-67-22-20-65-18-16-63-5)41-48(40-46)74-36-34-72-32-30-70-28-26-68-25-23-66-21-19-64-17-15-62-4/h7-8,11-12,37-41,44-45H,6,9-10,13-36,42-43H2,1-5H3,(H,57,60)/t45-/m0/s1. The van der Waals surface area contributed by atoms with Crippen molar-refractivity contribution in [2.75, 3.05) is 185 Å². The monoisotopic (exact) mass is 1100 g/mol. The molecule has 0 bridgehead atoms. The number of ether oxygens (including phenoxy) is 13. The quantitative estimate of drug-likeness (QED) is 0.0543. The fourth-order valence-corrected chi connectivity index (χ4v) is 9.83. The number of rotatable bonds is 47. The number of amides is 2. The van der Waals surface area contributed by atoms with Gasteiger partial charge in [-0.1, -0.05) is 52.2 Å². The molecule has 1 aromatic carbocycles. The Bertz CT molecular complexity index is 2090. The number of carbonyl (C=O) groups is 2. The van der Waals surface area contributed by atoms with Crippen molar-refractivity contribution in [2.45, 2.75) is 46.5 Å². The minimum atomic E-state index is -0.359. The second-order valence-electron chi connectivity index (χ2n) is 18.5. The van der Waals surface area contributed by atoms with E-state index in [4.69, 9.17) is 61.6 Å². The highest BCUT2D eigenvalue weighted by Crippen LogP contribution is 2.47. The average Bonchev–Trinajstić information content (AvgIpc) is 4.24. The minimum absolute atomic E-state index is 0.167. The normalized spacial score (nSPS) is 14.0. The Hall–Kier alpha value is -4.00. The van der Waals surface area contributed by atoms with E-state index in [1.807, 2.05) is 23.6 Å². The highest BCUT2D eigenvalue weighted by molar-refractivity contribution is 7.11. The molecule has 4 heterocycles. The van der Waals surface area contributed by atoms with Crippen molar-refractivity contribution in [1.29, 1.82) is 0 Å². The van der Waals surface area contributed by atoms with Crippen LogP contribution in [0, 0.1) is 11.8 Å². The van der Waals surface area contributed by atoms with E-state index in [0.717, 1.165) is 39.7 Å². The Morgan fingerprint density at radius 3 is 1.42 bits per heavy atom. The third kappa shape index (κ3) is 23.9. The molecule has 0 saturated heterocycles. The predicted octanol–water partition coefficient (Wildman–Crippen LogP) is 7.78. The zero-order valence-corrected chi connectivity index (χ0v) is 47.3. The van der Waals surface area contributed by atoms with Crippen molar-refractivity contribution in [3.8, 4) is 11.5 Å². The summed E-state index contributed by atoms with van der Waals surface area (Å²) in [6.07, 6.45) is 4.68. The van der Waals surface area contributed by atoms with Crippen LogP contribution in [0.2, 0.25) is 0 Å². The first kappa shape index (κ1) is 62.8. The first-order chi connectivity index (χ1) is 37.3. The zero-order valence-electron chi connectivity index (χ0n) is 45.7. The van der Waals surface area contributed by atoms with E-state index in [0.29, 0.717) is 173 Å². The van der Waals surface area contributed by atoms with Crippen LogP contribution >= 0.6 is 22.7 Å². The highest BCUT2D eigenvalue weighted by atomic mass is 32.1. The number of nitrogens with one attached hydrogen (secondary N) is 1. The van der Waals surface area contributed by atoms with Crippen molar-refractivity contribution in [3.05, 3.63) is 74.1 Å². The van der Waals surface area contributed by atoms with Gasteiger partial charge in [-0.15, -0.1) is 22.7 Å². The lowest BCUT2D eigenvalue weighted by Crippen LogP contribution is -2.35. The Balaban J connectivity index is 1.13. The number of methoxy groups -OCH3 is 2. The maximum Gasteiger partial charge on any atom is 0.261 e. The molecule has 0 radical (unpaired) electrons. The van der Waals surface area contributed by atoms with Crippen molar-refractivity contribution in [1.82, 2.24) is 9.80 Å². The van der Waals surface area contributed by atoms with Gasteiger partial charge in [-0.3, -0.25) is 14.5 Å². The van der Waals surface area contributed by atoms with E-state index in [1.54, 1.807) is 60.0 Å². The number of fused-ring (bicyclic) bond motifs is 1. The summed E-state index contributed by atoms with van der Waals surface area (Å²) in [4.78, 5) is 35.0. The van der Waals surface area contributed by atoms with Crippen LogP contribution in [0.1, 0.15) is 56.2 Å². The van der Waals surface area contributed by atoms with Gasteiger partial charge in [-0.2, -0.15) is 0 Å². The maximum absolute atomic E-state index is 14.8. The van der Waals surface area contributed by atoms with Crippen LogP contribution in [0.3, 0.4) is 0 Å². The molecule has 20 heteroatoms. The molecule has 0 saturated carbocycles. The van der Waals surface area contributed by atoms with E-state index >= 15 is 0 Å². The summed E-state index contributed by atoms with van der Waals surface area (Å²) in [7, 11) is 3.28. The van der Waals surface area contributed by atoms with E-state index in [2.05, 4.69) is 42.4 Å². The second kappa shape index (κ2) is 38.5. The number of thiophene rings is 2. The molecule has 1 atom stereocenters. The molecular weight excluding hydrogens is 1020 g/mol. The van der Waals surface area contributed by atoms with Gasteiger partial charge < -0.3 is 71.8 Å². The van der Waals surface area contributed by atoms with Crippen LogP contribution in [-0.2, 0) is 61.7 Å². The number of hydrogen-bond donors (Lipinski definition) is 1. The molecule has 2 amide bonds. The number of carbonyl (C=O) groups excluding carboxylic acids is 2. The maximum atomic E-state index is 14.8. The summed E-state index contributed by atoms with van der Waals surface area (Å²) in [5.41, 5.74) is 3.86. The van der Waals surface area contributed by atoms with E-state index in [-0.39, 0.29) is 31.6 Å². The van der Waals surface area contributed by atoms with Gasteiger partial charge >= 0.3 is 0 Å². The number of anilines is 1. The van der Waals surface area contributed by atoms with E-state index in [9.17, 15) is 9.59 Å². The summed E-state index contributed by atoms with van der Waals surface area (Å²) in [6, 6.07) is 13.4. The largest absolute Gasteiger partial charge is 0.491 e. The molecule has 3 aromatic rings. The molecule has 18 nitrogen and oxygen atoms in total. The summed E-state index contributed by atoms with van der Waals surface area (Å²) in [6.45, 7) is 17.8. The molecule has 2 aromatic heterocycles. The average molecular weight is 1100 g/mol. The molecule has 1 N–H and O–H groups in total. The fourth-order valence-electron chi connectivity index (χ4n) is 8.22. The molecule has 426 valence electrons. The lowest BCUT2D eigenvalue weighted by Gasteiger charge is -2.26. The van der Waals surface area contributed by atoms with Gasteiger partial charge in [0.25, 0.3) is 5.91 Å². The first-order valence-corrected chi connectivity index (χ1v) is 28.5. The number of nitrogens with zero attached hydrogens (tertiary/aromatic N) is 2. The third-order valence-corrected chi connectivity index (χ3v) is 13.8. The van der Waals surface area contributed by atoms with Crippen molar-refractivity contribution < 1.29 is 71.2 Å². The van der Waals surface area contributed by atoms with Gasteiger partial charge in [-0.05, 0) is 41.1 Å². The summed E-state index contributed by atoms with van der Waals surface area (Å²) >= 11 is 3.20. The number of hydrogen-bond acceptors (Lipinski definition) is 18. The van der Waals surface area contributed by atoms with Gasteiger partial charge in [0.15, 0.2) is 0 Å². The molecular formula is C56H85N3O15S2. The Kier molecular flexibility index (Phi) is 31.9. The van der Waals surface area contributed by atoms with Crippen LogP contribution in [0.25, 0.3) is 11.4 Å². The van der Waals surface area contributed by atoms with Crippen molar-refractivity contribution in [2.24, 2.45) is 11.8 Å². The molecule has 0 fully saturated rings. The van der Waals surface area contributed by atoms with E-state index < -0.39 is 0 Å². The molecule has 0 spiro atoms. The smallest absolute Gasteiger partial charge is 0.261 e. The summed E-state index contributed by atoms with van der Waals surface area (Å²) < 4.78 is 72.2. The van der Waals surface area contributed by atoms with Crippen molar-refractivity contribution in [3.63, 3.8) is 0 Å². The zero-order chi connectivity index (χ0) is 53.8. The lowest BCUT2D eigenvalue weighted by atomic mass is 9.97. The van der Waals surface area contributed by atoms with Crippen molar-refractivity contribution >= 4 is 51.6 Å². The number of benzene rings is 1. The van der Waals surface area contributed by atoms with Crippen LogP contribution in [0.15, 0.2) is 64.4 Å². The topological polar surface area (TPSA) is 173 Å². The Labute approximate surface area is 459 Å². The summed E-state index contributed by atoms with van der Waals surface area (Å²) in [5, 5.41) is 7.10. The first-order valence-electron chi connectivity index (χ1n) is 26.8. The van der Waals surface area contributed by atoms with Gasteiger partial charge in [0.2, 0.25) is 5.91 Å². The predicted molar refractivity (Wildman–Crippen MR) is 295 cm³/mol. The highest BCUT2D eigenvalue weighted by Gasteiger charge is 2.44. The Morgan fingerprint density at radius 2 is 1.00 bits per heavy atom. The molecule has 2 aliphatic heterocycles. The summed E-state index contributed by atoms with van der Waals surface area (Å²) in [5.74, 6) is 1.69. The minimum Gasteiger partial charge on any atom is -0.491 e.